The minimum Gasteiger partial charge on any atom is -0.445 e. The highest BCUT2D eigenvalue weighted by Crippen LogP contribution is 2.26. The number of nitriles is 1. The van der Waals surface area contributed by atoms with Gasteiger partial charge in [0.1, 0.15) is 11.8 Å². The van der Waals surface area contributed by atoms with E-state index >= 15 is 0 Å². The number of alkyl halides is 3. The number of halogens is 3. The molecule has 0 saturated heterocycles. The summed E-state index contributed by atoms with van der Waals surface area (Å²) in [5.41, 5.74) is -1.79. The van der Waals surface area contributed by atoms with Crippen molar-refractivity contribution in [1.82, 2.24) is 9.78 Å². The molecule has 3 aromatic rings. The fraction of sp³-hybridized carbons (Fsp3) is 0.158. The van der Waals surface area contributed by atoms with E-state index in [1.807, 2.05) is 0 Å². The second kappa shape index (κ2) is 8.31. The Morgan fingerprint density at radius 2 is 1.84 bits per heavy atom. The van der Waals surface area contributed by atoms with Gasteiger partial charge in [0.15, 0.2) is 16.4 Å². The molecule has 9 nitrogen and oxygen atoms in total. The van der Waals surface area contributed by atoms with Crippen LogP contribution < -0.4 is 10.2 Å². The van der Waals surface area contributed by atoms with Crippen LogP contribution in [-0.4, -0.2) is 43.4 Å². The lowest BCUT2D eigenvalue weighted by molar-refractivity contribution is -0.274. The predicted molar refractivity (Wildman–Crippen MR) is 103 cm³/mol. The Balaban J connectivity index is 2.30. The molecule has 0 radical (unpaired) electrons. The normalized spacial score (nSPS) is 11.7. The summed E-state index contributed by atoms with van der Waals surface area (Å²) < 4.78 is 71.1. The number of hydrogen-bond donors (Lipinski definition) is 0. The Morgan fingerprint density at radius 3 is 2.41 bits per heavy atom. The van der Waals surface area contributed by atoms with E-state index in [1.54, 1.807) is 6.07 Å². The van der Waals surface area contributed by atoms with Gasteiger partial charge in [-0.1, -0.05) is 6.07 Å². The zero-order valence-electron chi connectivity index (χ0n) is 16.1. The van der Waals surface area contributed by atoms with Gasteiger partial charge in [-0.3, -0.25) is 4.79 Å². The molecule has 0 atom stereocenters. The number of fused-ring (bicyclic) bond motifs is 1. The number of benzene rings is 2. The van der Waals surface area contributed by atoms with Gasteiger partial charge in [0.2, 0.25) is 11.1 Å². The van der Waals surface area contributed by atoms with E-state index in [4.69, 9.17) is 5.26 Å². The van der Waals surface area contributed by atoms with E-state index in [9.17, 15) is 31.2 Å². The van der Waals surface area contributed by atoms with Gasteiger partial charge in [-0.05, 0) is 36.4 Å². The van der Waals surface area contributed by atoms with Crippen LogP contribution in [0, 0.1) is 11.3 Å². The molecule has 0 aliphatic heterocycles. The highest BCUT2D eigenvalue weighted by Gasteiger charge is 2.31. The van der Waals surface area contributed by atoms with Gasteiger partial charge in [-0.2, -0.15) is 10.4 Å². The van der Waals surface area contributed by atoms with Crippen molar-refractivity contribution in [3.05, 3.63) is 58.4 Å². The number of carbonyl (C=O) groups is 1. The molecule has 0 unspecified atom stereocenters. The fourth-order valence-corrected chi connectivity index (χ4v) is 3.73. The van der Waals surface area contributed by atoms with E-state index in [-0.39, 0.29) is 21.5 Å². The van der Waals surface area contributed by atoms with E-state index in [1.165, 1.54) is 12.1 Å². The molecule has 1 aromatic heterocycles. The van der Waals surface area contributed by atoms with E-state index in [2.05, 4.69) is 14.6 Å². The average molecular weight is 467 g/mol. The van der Waals surface area contributed by atoms with Crippen molar-refractivity contribution in [1.29, 1.82) is 5.26 Å². The minimum absolute atomic E-state index is 0.0285. The Morgan fingerprint density at radius 1 is 1.19 bits per heavy atom. The number of nitrogens with zero attached hydrogens (tertiary/aromatic N) is 3. The largest absolute Gasteiger partial charge is 0.573 e. The van der Waals surface area contributed by atoms with Crippen molar-refractivity contribution in [3.8, 4) is 17.5 Å². The maximum Gasteiger partial charge on any atom is 0.573 e. The summed E-state index contributed by atoms with van der Waals surface area (Å²) in [6.07, 6.45) is -4.05. The lowest BCUT2D eigenvalue weighted by Crippen LogP contribution is -2.25. The van der Waals surface area contributed by atoms with Gasteiger partial charge in [0.05, 0.1) is 21.5 Å². The van der Waals surface area contributed by atoms with Gasteiger partial charge in [0.25, 0.3) is 0 Å². The molecule has 166 valence electrons. The molecule has 0 saturated carbocycles. The van der Waals surface area contributed by atoms with Crippen molar-refractivity contribution in [2.75, 3.05) is 12.9 Å². The molecule has 0 N–H and O–H groups in total. The molecule has 0 spiro atoms. The summed E-state index contributed by atoms with van der Waals surface area (Å²) in [6, 6.07) is 9.67. The minimum atomic E-state index is -4.91. The van der Waals surface area contributed by atoms with Crippen LogP contribution in [0.15, 0.2) is 52.2 Å². The van der Waals surface area contributed by atoms with Crippen LogP contribution in [0.5, 0.6) is 5.75 Å². The van der Waals surface area contributed by atoms with Crippen LogP contribution in [-0.2, 0) is 14.6 Å². The van der Waals surface area contributed by atoms with Crippen molar-refractivity contribution < 1.29 is 35.9 Å². The Hall–Kier alpha value is -3.92. The van der Waals surface area contributed by atoms with Crippen molar-refractivity contribution >= 4 is 26.7 Å². The van der Waals surface area contributed by atoms with Crippen LogP contribution in [0.3, 0.4) is 0 Å². The van der Waals surface area contributed by atoms with Crippen molar-refractivity contribution in [2.45, 2.75) is 11.3 Å². The Bertz CT molecular complexity index is 1410. The van der Waals surface area contributed by atoms with Crippen molar-refractivity contribution in [3.63, 3.8) is 0 Å². The molecule has 3 rings (SSSR count). The summed E-state index contributed by atoms with van der Waals surface area (Å²) in [6.45, 7) is -0.685. The third-order valence-corrected chi connectivity index (χ3v) is 5.19. The van der Waals surface area contributed by atoms with Crippen LogP contribution in [0.4, 0.5) is 13.2 Å². The summed E-state index contributed by atoms with van der Waals surface area (Å²) >= 11 is 0. The molecule has 13 heteroatoms. The van der Waals surface area contributed by atoms with E-state index < -0.39 is 45.6 Å². The first-order chi connectivity index (χ1) is 14.9. The first kappa shape index (κ1) is 22.8. The number of carbonyl (C=O) groups excluding carboxylic acids is 1. The molecule has 0 aliphatic rings. The lowest BCUT2D eigenvalue weighted by Gasteiger charge is -2.14. The lowest BCUT2D eigenvalue weighted by atomic mass is 10.2. The topological polar surface area (TPSA) is 128 Å². The monoisotopic (exact) mass is 467 g/mol. The van der Waals surface area contributed by atoms with Gasteiger partial charge in [-0.25, -0.2) is 17.9 Å². The molecule has 0 bridgehead atoms. The van der Waals surface area contributed by atoms with Crippen LogP contribution in [0.25, 0.3) is 16.6 Å². The summed E-state index contributed by atoms with van der Waals surface area (Å²) in [5.74, 6) is -1.80. The molecule has 1 heterocycles. The second-order valence-corrected chi connectivity index (χ2v) is 8.27. The van der Waals surface area contributed by atoms with Crippen molar-refractivity contribution in [2.24, 2.45) is 0 Å². The fourth-order valence-electron chi connectivity index (χ4n) is 2.84. The first-order valence-corrected chi connectivity index (χ1v) is 10.5. The first-order valence-electron chi connectivity index (χ1n) is 8.59. The number of hydrogen-bond acceptors (Lipinski definition) is 8. The van der Waals surface area contributed by atoms with Crippen LogP contribution in [0.1, 0.15) is 10.5 Å². The quantitative estimate of drug-likeness (QED) is 0.523. The van der Waals surface area contributed by atoms with Gasteiger partial charge < -0.3 is 9.47 Å². The third kappa shape index (κ3) is 4.70. The molecule has 0 aliphatic carbocycles. The number of ether oxygens (including phenoxy) is 2. The van der Waals surface area contributed by atoms with Gasteiger partial charge in [-0.15, -0.1) is 13.2 Å². The molecule has 0 amide bonds. The Labute approximate surface area is 178 Å². The average Bonchev–Trinajstić information content (AvgIpc) is 2.71. The summed E-state index contributed by atoms with van der Waals surface area (Å²) in [4.78, 5) is 24.8. The van der Waals surface area contributed by atoms with Crippen LogP contribution >= 0.6 is 0 Å². The summed E-state index contributed by atoms with van der Waals surface area (Å²) in [7, 11) is -3.93. The highest BCUT2D eigenvalue weighted by atomic mass is 32.2. The SMILES string of the molecule is CS(=O)(=O)c1cccc2c1c(=O)c(C(=O)OCC#N)nn2-c1ccc(OC(F)(F)F)cc1. The maximum atomic E-state index is 12.9. The second-order valence-electron chi connectivity index (χ2n) is 6.29. The molecular weight excluding hydrogens is 455 g/mol. The molecule has 0 fully saturated rings. The van der Waals surface area contributed by atoms with Gasteiger partial charge >= 0.3 is 12.3 Å². The standard InChI is InChI=1S/C19H12F3N3O6S/c1-32(28,29)14-4-2-3-13-15(14)17(26)16(18(27)30-10-9-23)24-25(13)11-5-7-12(8-6-11)31-19(20,21)22/h2-8H,10H2,1H3. The molecule has 2 aromatic carbocycles. The summed E-state index contributed by atoms with van der Waals surface area (Å²) in [5, 5.41) is 12.1. The molecular formula is C19H12F3N3O6S. The highest BCUT2D eigenvalue weighted by molar-refractivity contribution is 7.91. The van der Waals surface area contributed by atoms with E-state index in [0.717, 1.165) is 41.3 Å². The number of sulfone groups is 1. The smallest absolute Gasteiger partial charge is 0.445 e. The third-order valence-electron chi connectivity index (χ3n) is 4.05. The molecule has 32 heavy (non-hydrogen) atoms. The van der Waals surface area contributed by atoms with Crippen LogP contribution in [0.2, 0.25) is 0 Å². The number of aromatic nitrogens is 2. The van der Waals surface area contributed by atoms with Gasteiger partial charge in [0, 0.05) is 6.26 Å². The predicted octanol–water partition coefficient (Wildman–Crippen LogP) is 2.37. The maximum absolute atomic E-state index is 12.9. The zero-order valence-corrected chi connectivity index (χ0v) is 16.9. The van der Waals surface area contributed by atoms with E-state index in [0.29, 0.717) is 0 Å². The zero-order chi connectivity index (χ0) is 23.7. The Kier molecular flexibility index (Phi) is 5.91. The number of esters is 1. The number of rotatable bonds is 5.